The van der Waals surface area contributed by atoms with Crippen LogP contribution in [0.5, 0.6) is 0 Å². The Balaban J connectivity index is 0.00000218. The number of carboxylic acids is 1. The topological polar surface area (TPSA) is 53.0 Å². The van der Waals surface area contributed by atoms with Gasteiger partial charge in [0.2, 0.25) is 0 Å². The summed E-state index contributed by atoms with van der Waals surface area (Å²) in [7, 11) is 0. The van der Waals surface area contributed by atoms with Crippen LogP contribution in [0.1, 0.15) is 21.5 Å². The zero-order valence-corrected chi connectivity index (χ0v) is 19.3. The molecular weight excluding hydrogens is 408 g/mol. The molecule has 0 spiro atoms. The summed E-state index contributed by atoms with van der Waals surface area (Å²) in [5, 5.41) is 12.2. The molecule has 0 saturated heterocycles. The van der Waals surface area contributed by atoms with Gasteiger partial charge < -0.3 is 9.90 Å². The summed E-state index contributed by atoms with van der Waals surface area (Å²) in [6, 6.07) is 18.4. The van der Waals surface area contributed by atoms with E-state index in [4.69, 9.17) is 4.98 Å². The molecule has 1 aliphatic heterocycles. The average Bonchev–Trinajstić information content (AvgIpc) is 2.71. The fourth-order valence-corrected chi connectivity index (χ4v) is 5.03. The van der Waals surface area contributed by atoms with E-state index in [1.807, 2.05) is 24.3 Å². The Labute approximate surface area is 199 Å². The van der Waals surface area contributed by atoms with Crippen LogP contribution in [0.15, 0.2) is 65.6 Å². The average molecular weight is 423 g/mol. The van der Waals surface area contributed by atoms with Gasteiger partial charge in [0.1, 0.15) is 5.82 Å². The van der Waals surface area contributed by atoms with Crippen molar-refractivity contribution in [1.29, 1.82) is 0 Å². The Kier molecular flexibility index (Phi) is 5.73. The van der Waals surface area contributed by atoms with E-state index >= 15 is 0 Å². The van der Waals surface area contributed by atoms with Gasteiger partial charge in [-0.05, 0) is 53.4 Å². The monoisotopic (exact) mass is 423 g/mol. The minimum Gasteiger partial charge on any atom is -0.545 e. The molecule has 3 aromatic carbocycles. The number of nitrogens with zero attached hydrogens (tertiary/aromatic N) is 1. The van der Waals surface area contributed by atoms with E-state index in [0.717, 1.165) is 16.0 Å². The SMILES string of the molecule is Cc1ccccc1-c1ccc2c(c1)SCc1c-2nc2ccc(F)cc2c1C(=O)[O-].[Na+]. The third-order valence-corrected chi connectivity index (χ3v) is 6.40. The van der Waals surface area contributed by atoms with E-state index in [0.29, 0.717) is 22.5 Å². The number of pyridine rings is 1. The number of carbonyl (C=O) groups excluding carboxylic acids is 1. The number of aromatic carboxylic acids is 1. The molecular formula is C24H15FNNaO2S. The van der Waals surface area contributed by atoms with Crippen LogP contribution in [0.25, 0.3) is 33.3 Å². The number of hydrogen-bond acceptors (Lipinski definition) is 4. The van der Waals surface area contributed by atoms with Crippen LogP contribution in [0.2, 0.25) is 0 Å². The Hall–Kier alpha value is -2.18. The first kappa shape index (κ1) is 21.1. The minimum atomic E-state index is -1.31. The molecule has 6 heteroatoms. The summed E-state index contributed by atoms with van der Waals surface area (Å²) in [5.41, 5.74) is 6.06. The largest absolute Gasteiger partial charge is 1.00 e. The predicted molar refractivity (Wildman–Crippen MR) is 111 cm³/mol. The minimum absolute atomic E-state index is 0. The number of fused-ring (bicyclic) bond motifs is 4. The molecule has 0 N–H and O–H groups in total. The van der Waals surface area contributed by atoms with Crippen molar-refractivity contribution < 1.29 is 43.8 Å². The molecule has 0 bridgehead atoms. The Morgan fingerprint density at radius 1 is 1.07 bits per heavy atom. The van der Waals surface area contributed by atoms with Crippen molar-refractivity contribution in [3.63, 3.8) is 0 Å². The molecule has 0 amide bonds. The van der Waals surface area contributed by atoms with Crippen LogP contribution in [0.3, 0.4) is 0 Å². The van der Waals surface area contributed by atoms with Crippen LogP contribution < -0.4 is 34.7 Å². The first-order chi connectivity index (χ1) is 14.0. The van der Waals surface area contributed by atoms with Crippen LogP contribution in [-0.2, 0) is 5.75 Å². The van der Waals surface area contributed by atoms with E-state index in [9.17, 15) is 14.3 Å². The number of aromatic nitrogens is 1. The maximum absolute atomic E-state index is 13.7. The summed E-state index contributed by atoms with van der Waals surface area (Å²) in [5.74, 6) is -1.35. The van der Waals surface area contributed by atoms with Gasteiger partial charge in [0.25, 0.3) is 0 Å². The van der Waals surface area contributed by atoms with E-state index in [2.05, 4.69) is 25.1 Å². The summed E-state index contributed by atoms with van der Waals surface area (Å²) >= 11 is 1.57. The number of halogens is 1. The van der Waals surface area contributed by atoms with Crippen LogP contribution in [-0.4, -0.2) is 11.0 Å². The van der Waals surface area contributed by atoms with Crippen molar-refractivity contribution in [1.82, 2.24) is 4.98 Å². The van der Waals surface area contributed by atoms with Crippen molar-refractivity contribution in [2.45, 2.75) is 17.6 Å². The third-order valence-electron chi connectivity index (χ3n) is 5.32. The second-order valence-corrected chi connectivity index (χ2v) is 8.09. The standard InChI is InChI=1S/C24H16FNO2S.Na/c1-13-4-2-3-5-16(13)14-6-8-17-21(10-14)29-12-19-22(24(27)28)18-11-15(25)7-9-20(18)26-23(17)19;/h2-11H,12H2,1H3,(H,27,28);/q;+1/p-1. The molecule has 0 atom stereocenters. The van der Waals surface area contributed by atoms with Gasteiger partial charge in [-0.3, -0.25) is 0 Å². The molecule has 4 aromatic rings. The molecule has 0 radical (unpaired) electrons. The zero-order chi connectivity index (χ0) is 20.1. The first-order valence-corrected chi connectivity index (χ1v) is 10.2. The number of carboxylic acid groups (broad SMARTS) is 1. The Bertz CT molecular complexity index is 1320. The summed E-state index contributed by atoms with van der Waals surface area (Å²) in [4.78, 5) is 17.7. The van der Waals surface area contributed by atoms with Crippen molar-refractivity contribution in [3.8, 4) is 22.4 Å². The summed E-state index contributed by atoms with van der Waals surface area (Å²) in [6.45, 7) is 2.08. The normalized spacial score (nSPS) is 12.1. The van der Waals surface area contributed by atoms with Crippen molar-refractivity contribution >= 4 is 28.6 Å². The molecule has 3 nitrogen and oxygen atoms in total. The number of rotatable bonds is 2. The predicted octanol–water partition coefficient (Wildman–Crippen LogP) is 1.99. The fraction of sp³-hybridized carbons (Fsp3) is 0.0833. The van der Waals surface area contributed by atoms with Gasteiger partial charge in [-0.25, -0.2) is 9.37 Å². The molecule has 0 saturated carbocycles. The second kappa shape index (κ2) is 8.16. The van der Waals surface area contributed by atoms with Gasteiger partial charge >= 0.3 is 29.6 Å². The van der Waals surface area contributed by atoms with Gasteiger partial charge in [-0.1, -0.05) is 36.4 Å². The zero-order valence-electron chi connectivity index (χ0n) is 16.5. The maximum Gasteiger partial charge on any atom is 1.00 e. The quantitative estimate of drug-likeness (QED) is 0.463. The van der Waals surface area contributed by atoms with Crippen LogP contribution in [0, 0.1) is 12.7 Å². The number of thioether (sulfide) groups is 1. The van der Waals surface area contributed by atoms with Gasteiger partial charge in [0, 0.05) is 27.2 Å². The molecule has 0 fully saturated rings. The number of hydrogen-bond donors (Lipinski definition) is 0. The number of aryl methyl sites for hydroxylation is 1. The molecule has 2 heterocycles. The molecule has 1 aliphatic rings. The van der Waals surface area contributed by atoms with Crippen molar-refractivity contribution in [2.75, 3.05) is 0 Å². The van der Waals surface area contributed by atoms with E-state index < -0.39 is 11.8 Å². The molecule has 0 unspecified atom stereocenters. The molecule has 0 aliphatic carbocycles. The third kappa shape index (κ3) is 3.46. The fourth-order valence-electron chi connectivity index (χ4n) is 3.92. The Morgan fingerprint density at radius 2 is 1.87 bits per heavy atom. The maximum atomic E-state index is 13.7. The molecule has 5 rings (SSSR count). The van der Waals surface area contributed by atoms with Gasteiger partial charge in [0.05, 0.1) is 17.2 Å². The van der Waals surface area contributed by atoms with Gasteiger partial charge in [-0.15, -0.1) is 11.8 Å². The van der Waals surface area contributed by atoms with Crippen molar-refractivity contribution in [2.24, 2.45) is 0 Å². The molecule has 1 aromatic heterocycles. The van der Waals surface area contributed by atoms with Crippen LogP contribution in [0.4, 0.5) is 4.39 Å². The number of benzene rings is 3. The summed E-state index contributed by atoms with van der Waals surface area (Å²) in [6.07, 6.45) is 0. The molecule has 30 heavy (non-hydrogen) atoms. The van der Waals surface area contributed by atoms with E-state index in [-0.39, 0.29) is 40.5 Å². The van der Waals surface area contributed by atoms with E-state index in [1.54, 1.807) is 11.8 Å². The van der Waals surface area contributed by atoms with Crippen LogP contribution >= 0.6 is 11.8 Å². The van der Waals surface area contributed by atoms with Gasteiger partial charge in [-0.2, -0.15) is 0 Å². The smallest absolute Gasteiger partial charge is 0.545 e. The second-order valence-electron chi connectivity index (χ2n) is 7.08. The van der Waals surface area contributed by atoms with Gasteiger partial charge in [0.15, 0.2) is 0 Å². The first-order valence-electron chi connectivity index (χ1n) is 9.19. The number of carbonyl (C=O) groups is 1. The Morgan fingerprint density at radius 3 is 2.63 bits per heavy atom. The molecule has 142 valence electrons. The van der Waals surface area contributed by atoms with E-state index in [1.165, 1.54) is 29.3 Å². The summed E-state index contributed by atoms with van der Waals surface area (Å²) < 4.78 is 13.7. The van der Waals surface area contributed by atoms with Crippen molar-refractivity contribution in [3.05, 3.63) is 83.2 Å².